The molecule has 86 valence electrons. The molecule has 1 fully saturated rings. The lowest BCUT2D eigenvalue weighted by molar-refractivity contribution is 0.0143. The van der Waals surface area contributed by atoms with Crippen molar-refractivity contribution < 1.29 is 4.74 Å². The second kappa shape index (κ2) is 4.19. The number of benzene rings is 1. The first-order valence-corrected chi connectivity index (χ1v) is 6.26. The van der Waals surface area contributed by atoms with E-state index < -0.39 is 0 Å². The van der Waals surface area contributed by atoms with Crippen molar-refractivity contribution in [3.05, 3.63) is 35.4 Å². The van der Waals surface area contributed by atoms with Crippen LogP contribution in [0.15, 0.2) is 24.3 Å². The number of morpholine rings is 1. The molecule has 2 aliphatic rings. The van der Waals surface area contributed by atoms with Crippen LogP contribution in [-0.2, 0) is 11.2 Å². The first kappa shape index (κ1) is 10.3. The first-order chi connectivity index (χ1) is 7.86. The summed E-state index contributed by atoms with van der Waals surface area (Å²) in [5.41, 5.74) is 3.10. The molecule has 0 spiro atoms. The molecule has 1 heterocycles. The van der Waals surface area contributed by atoms with Gasteiger partial charge in [0, 0.05) is 19.1 Å². The zero-order valence-corrected chi connectivity index (χ0v) is 9.86. The molecule has 0 amide bonds. The minimum atomic E-state index is 0.675. The van der Waals surface area contributed by atoms with Crippen LogP contribution < -0.4 is 0 Å². The molecule has 0 unspecified atom stereocenters. The standard InChI is InChI=1S/C14H19NO/c1-11-13-5-3-2-4-12(13)10-14(11)15-6-8-16-9-7-15/h2-5,11,14H,6-10H2,1H3/t11-,14-/m0/s1. The molecule has 0 radical (unpaired) electrons. The lowest BCUT2D eigenvalue weighted by Crippen LogP contribution is -2.44. The van der Waals surface area contributed by atoms with Crippen LogP contribution in [0.5, 0.6) is 0 Å². The summed E-state index contributed by atoms with van der Waals surface area (Å²) in [7, 11) is 0. The van der Waals surface area contributed by atoms with E-state index >= 15 is 0 Å². The largest absolute Gasteiger partial charge is 0.379 e. The van der Waals surface area contributed by atoms with Gasteiger partial charge in [-0.3, -0.25) is 4.90 Å². The molecule has 1 aromatic carbocycles. The Morgan fingerprint density at radius 3 is 2.69 bits per heavy atom. The number of fused-ring (bicyclic) bond motifs is 1. The highest BCUT2D eigenvalue weighted by molar-refractivity contribution is 5.37. The van der Waals surface area contributed by atoms with Gasteiger partial charge in [-0.1, -0.05) is 31.2 Å². The Morgan fingerprint density at radius 2 is 1.94 bits per heavy atom. The van der Waals surface area contributed by atoms with Crippen molar-refractivity contribution in [2.24, 2.45) is 0 Å². The fourth-order valence-corrected chi connectivity index (χ4v) is 3.13. The van der Waals surface area contributed by atoms with Crippen molar-refractivity contribution >= 4 is 0 Å². The molecule has 0 saturated carbocycles. The highest BCUT2D eigenvalue weighted by Gasteiger charge is 2.33. The summed E-state index contributed by atoms with van der Waals surface area (Å²) in [6.07, 6.45) is 1.22. The Morgan fingerprint density at radius 1 is 1.19 bits per heavy atom. The predicted molar refractivity (Wildman–Crippen MR) is 64.7 cm³/mol. The molecule has 1 aliphatic carbocycles. The lowest BCUT2D eigenvalue weighted by Gasteiger charge is -2.34. The van der Waals surface area contributed by atoms with Crippen molar-refractivity contribution in [2.75, 3.05) is 26.3 Å². The molecular weight excluding hydrogens is 198 g/mol. The zero-order valence-electron chi connectivity index (χ0n) is 9.86. The molecule has 16 heavy (non-hydrogen) atoms. The van der Waals surface area contributed by atoms with E-state index in [2.05, 4.69) is 36.1 Å². The molecule has 2 heteroatoms. The summed E-state index contributed by atoms with van der Waals surface area (Å²) >= 11 is 0. The summed E-state index contributed by atoms with van der Waals surface area (Å²) in [6.45, 7) is 6.37. The van der Waals surface area contributed by atoms with E-state index in [1.54, 1.807) is 11.1 Å². The Hall–Kier alpha value is -0.860. The molecule has 1 saturated heterocycles. The Kier molecular flexibility index (Phi) is 2.70. The van der Waals surface area contributed by atoms with E-state index in [-0.39, 0.29) is 0 Å². The molecule has 0 bridgehead atoms. The average Bonchev–Trinajstić information content (AvgIpc) is 2.69. The van der Waals surface area contributed by atoms with Crippen LogP contribution in [0.4, 0.5) is 0 Å². The SMILES string of the molecule is C[C@H]1c2ccccc2C[C@@H]1N1CCOCC1. The summed E-state index contributed by atoms with van der Waals surface area (Å²) in [6, 6.07) is 9.60. The van der Waals surface area contributed by atoms with Gasteiger partial charge in [-0.15, -0.1) is 0 Å². The van der Waals surface area contributed by atoms with Crippen molar-refractivity contribution in [3.8, 4) is 0 Å². The quantitative estimate of drug-likeness (QED) is 0.714. The fraction of sp³-hybridized carbons (Fsp3) is 0.571. The smallest absolute Gasteiger partial charge is 0.0594 e. The van der Waals surface area contributed by atoms with Gasteiger partial charge in [-0.25, -0.2) is 0 Å². The minimum absolute atomic E-state index is 0.675. The van der Waals surface area contributed by atoms with Gasteiger partial charge in [0.25, 0.3) is 0 Å². The summed E-state index contributed by atoms with van der Waals surface area (Å²) in [5, 5.41) is 0. The molecule has 2 atom stereocenters. The van der Waals surface area contributed by atoms with E-state index in [1.165, 1.54) is 6.42 Å². The lowest BCUT2D eigenvalue weighted by atomic mass is 9.99. The maximum absolute atomic E-state index is 5.43. The molecule has 1 aromatic rings. The second-order valence-electron chi connectivity index (χ2n) is 4.91. The monoisotopic (exact) mass is 217 g/mol. The number of hydrogen-bond acceptors (Lipinski definition) is 2. The van der Waals surface area contributed by atoms with Crippen LogP contribution in [-0.4, -0.2) is 37.2 Å². The van der Waals surface area contributed by atoms with Gasteiger partial charge < -0.3 is 4.74 Å². The summed E-state index contributed by atoms with van der Waals surface area (Å²) in [5.74, 6) is 0.675. The van der Waals surface area contributed by atoms with E-state index in [0.29, 0.717) is 12.0 Å². The van der Waals surface area contributed by atoms with E-state index in [4.69, 9.17) is 4.74 Å². The van der Waals surface area contributed by atoms with Gasteiger partial charge in [-0.2, -0.15) is 0 Å². The van der Waals surface area contributed by atoms with E-state index in [9.17, 15) is 0 Å². The predicted octanol–water partition coefficient (Wildman–Crippen LogP) is 2.05. The molecular formula is C14H19NO. The minimum Gasteiger partial charge on any atom is -0.379 e. The third-order valence-electron chi connectivity index (χ3n) is 4.07. The second-order valence-corrected chi connectivity index (χ2v) is 4.91. The van der Waals surface area contributed by atoms with Crippen molar-refractivity contribution in [1.29, 1.82) is 0 Å². The molecule has 0 N–H and O–H groups in total. The van der Waals surface area contributed by atoms with Gasteiger partial charge >= 0.3 is 0 Å². The van der Waals surface area contributed by atoms with E-state index in [0.717, 1.165) is 26.3 Å². The Bertz CT molecular complexity index is 371. The van der Waals surface area contributed by atoms with Crippen LogP contribution in [0.2, 0.25) is 0 Å². The van der Waals surface area contributed by atoms with Crippen LogP contribution in [0, 0.1) is 0 Å². The van der Waals surface area contributed by atoms with E-state index in [1.807, 2.05) is 0 Å². The van der Waals surface area contributed by atoms with Crippen LogP contribution >= 0.6 is 0 Å². The highest BCUT2D eigenvalue weighted by Crippen LogP contribution is 2.35. The average molecular weight is 217 g/mol. The molecule has 0 aromatic heterocycles. The van der Waals surface area contributed by atoms with Crippen molar-refractivity contribution in [1.82, 2.24) is 4.90 Å². The molecule has 3 rings (SSSR count). The zero-order chi connectivity index (χ0) is 11.0. The third kappa shape index (κ3) is 1.66. The van der Waals surface area contributed by atoms with Crippen molar-refractivity contribution in [3.63, 3.8) is 0 Å². The maximum atomic E-state index is 5.43. The van der Waals surface area contributed by atoms with Gasteiger partial charge in [0.1, 0.15) is 0 Å². The Labute approximate surface area is 97.2 Å². The summed E-state index contributed by atoms with van der Waals surface area (Å²) in [4.78, 5) is 2.61. The summed E-state index contributed by atoms with van der Waals surface area (Å²) < 4.78 is 5.43. The van der Waals surface area contributed by atoms with Crippen LogP contribution in [0.3, 0.4) is 0 Å². The van der Waals surface area contributed by atoms with Crippen LogP contribution in [0.1, 0.15) is 24.0 Å². The van der Waals surface area contributed by atoms with Crippen LogP contribution in [0.25, 0.3) is 0 Å². The first-order valence-electron chi connectivity index (χ1n) is 6.26. The molecule has 2 nitrogen and oxygen atoms in total. The number of hydrogen-bond donors (Lipinski definition) is 0. The van der Waals surface area contributed by atoms with Gasteiger partial charge in [0.05, 0.1) is 13.2 Å². The number of nitrogens with zero attached hydrogens (tertiary/aromatic N) is 1. The van der Waals surface area contributed by atoms with Gasteiger partial charge in [0.15, 0.2) is 0 Å². The third-order valence-corrected chi connectivity index (χ3v) is 4.07. The fourth-order valence-electron chi connectivity index (χ4n) is 3.13. The maximum Gasteiger partial charge on any atom is 0.0594 e. The van der Waals surface area contributed by atoms with Gasteiger partial charge in [0.2, 0.25) is 0 Å². The topological polar surface area (TPSA) is 12.5 Å². The normalized spacial score (nSPS) is 30.3. The Balaban J connectivity index is 1.80. The highest BCUT2D eigenvalue weighted by atomic mass is 16.5. The number of rotatable bonds is 1. The van der Waals surface area contributed by atoms with Crippen molar-refractivity contribution in [2.45, 2.75) is 25.3 Å². The van der Waals surface area contributed by atoms with Gasteiger partial charge in [-0.05, 0) is 23.5 Å². The number of ether oxygens (including phenoxy) is 1. The molecule has 1 aliphatic heterocycles.